The average Bonchev–Trinajstić information content (AvgIpc) is 3.34. The minimum atomic E-state index is -0.780. The van der Waals surface area contributed by atoms with E-state index in [0.717, 1.165) is 96.3 Å². The normalized spacial score (nSPS) is 13.0. The first-order valence-corrected chi connectivity index (χ1v) is 28.4. The summed E-state index contributed by atoms with van der Waals surface area (Å²) in [4.78, 5) is 24.5. The summed E-state index contributed by atoms with van der Waals surface area (Å²) in [6.45, 7) is 4.02. The third kappa shape index (κ3) is 55.2. The van der Waals surface area contributed by atoms with Crippen LogP contribution in [0.3, 0.4) is 0 Å². The molecule has 0 saturated carbocycles. The highest BCUT2D eigenvalue weighted by atomic mass is 16.6. The molecule has 1 N–H and O–H groups in total. The lowest BCUT2D eigenvalue weighted by molar-refractivity contribution is -0.161. The van der Waals surface area contributed by atoms with Crippen LogP contribution in [0.15, 0.2) is 109 Å². The van der Waals surface area contributed by atoms with E-state index in [1.165, 1.54) is 135 Å². The van der Waals surface area contributed by atoms with Gasteiger partial charge in [0.1, 0.15) is 6.61 Å². The topological polar surface area (TPSA) is 72.8 Å². The van der Waals surface area contributed by atoms with Crippen molar-refractivity contribution in [3.8, 4) is 0 Å². The number of esters is 2. The van der Waals surface area contributed by atoms with Gasteiger partial charge in [-0.15, -0.1) is 0 Å². The fraction of sp³-hybridized carbons (Fsp3) is 0.683. The van der Waals surface area contributed by atoms with Gasteiger partial charge in [-0.3, -0.25) is 9.59 Å². The van der Waals surface area contributed by atoms with Gasteiger partial charge < -0.3 is 14.6 Å². The second kappa shape index (κ2) is 57.9. The van der Waals surface area contributed by atoms with Gasteiger partial charge in [0, 0.05) is 12.8 Å². The van der Waals surface area contributed by atoms with E-state index >= 15 is 0 Å². The molecule has 0 aromatic rings. The van der Waals surface area contributed by atoms with Crippen LogP contribution in [-0.4, -0.2) is 36.4 Å². The lowest BCUT2D eigenvalue weighted by Gasteiger charge is -2.15. The molecule has 388 valence electrons. The number of unbranched alkanes of at least 4 members (excludes halogenated alkanes) is 25. The zero-order valence-electron chi connectivity index (χ0n) is 44.3. The van der Waals surface area contributed by atoms with Crippen LogP contribution in [0.2, 0.25) is 0 Å². The molecule has 0 aliphatic carbocycles. The number of carbonyl (C=O) groups is 2. The molecular weight excluding hydrogens is 837 g/mol. The lowest BCUT2D eigenvalue weighted by Crippen LogP contribution is -2.28. The lowest BCUT2D eigenvalue weighted by atomic mass is 10.0. The Bertz CT molecular complexity index is 1340. The van der Waals surface area contributed by atoms with Crippen LogP contribution < -0.4 is 0 Å². The maximum atomic E-state index is 12.3. The van der Waals surface area contributed by atoms with Crippen molar-refractivity contribution in [3.63, 3.8) is 0 Å². The smallest absolute Gasteiger partial charge is 0.306 e. The second-order valence-electron chi connectivity index (χ2n) is 18.6. The predicted molar refractivity (Wildman–Crippen MR) is 297 cm³/mol. The Balaban J connectivity index is 3.52. The molecule has 1 atom stereocenters. The molecule has 5 heteroatoms. The maximum Gasteiger partial charge on any atom is 0.306 e. The summed E-state index contributed by atoms with van der Waals surface area (Å²) in [6.07, 6.45) is 83.5. The summed E-state index contributed by atoms with van der Waals surface area (Å²) in [7, 11) is 0. The van der Waals surface area contributed by atoms with Crippen LogP contribution in [0.4, 0.5) is 0 Å². The SMILES string of the molecule is CC/C=C\C/C=C\C/C=C\C/C=C\C/C=C\C/C=C\C/C=C\C/C=C\CCCCCCCCCCCCCCCCC(=O)OC(CO)COC(=O)CCCCCCC/C=C\CCCCCCCC. The highest BCUT2D eigenvalue weighted by Gasteiger charge is 2.16. The zero-order chi connectivity index (χ0) is 49.2. The van der Waals surface area contributed by atoms with Gasteiger partial charge in [-0.1, -0.05) is 252 Å². The first kappa shape index (κ1) is 64.6. The Hall–Kier alpha value is -3.44. The van der Waals surface area contributed by atoms with E-state index in [1.54, 1.807) is 0 Å². The highest BCUT2D eigenvalue weighted by molar-refractivity contribution is 5.70. The van der Waals surface area contributed by atoms with Crippen LogP contribution in [-0.2, 0) is 19.1 Å². The summed E-state index contributed by atoms with van der Waals surface area (Å²) in [5, 5.41) is 9.63. The molecule has 0 aliphatic rings. The van der Waals surface area contributed by atoms with E-state index in [2.05, 4.69) is 123 Å². The predicted octanol–water partition coefficient (Wildman–Crippen LogP) is 19.3. The largest absolute Gasteiger partial charge is 0.462 e. The van der Waals surface area contributed by atoms with E-state index < -0.39 is 6.10 Å². The third-order valence-electron chi connectivity index (χ3n) is 12.1. The molecule has 0 amide bonds. The van der Waals surface area contributed by atoms with Crippen molar-refractivity contribution in [2.24, 2.45) is 0 Å². The molecule has 0 bridgehead atoms. The van der Waals surface area contributed by atoms with E-state index in [9.17, 15) is 14.7 Å². The number of ether oxygens (including phenoxy) is 2. The van der Waals surface area contributed by atoms with E-state index in [4.69, 9.17) is 9.47 Å². The Morgan fingerprint density at radius 2 is 0.632 bits per heavy atom. The first-order chi connectivity index (χ1) is 33.6. The fourth-order valence-electron chi connectivity index (χ4n) is 7.80. The molecule has 68 heavy (non-hydrogen) atoms. The Morgan fingerprint density at radius 3 is 0.971 bits per heavy atom. The third-order valence-corrected chi connectivity index (χ3v) is 12.1. The number of hydrogen-bond acceptors (Lipinski definition) is 5. The fourth-order valence-corrected chi connectivity index (χ4v) is 7.80. The molecule has 0 heterocycles. The summed E-state index contributed by atoms with van der Waals surface area (Å²) >= 11 is 0. The second-order valence-corrected chi connectivity index (χ2v) is 18.6. The molecule has 5 nitrogen and oxygen atoms in total. The van der Waals surface area contributed by atoms with Crippen molar-refractivity contribution in [3.05, 3.63) is 109 Å². The quantitative estimate of drug-likeness (QED) is 0.0374. The van der Waals surface area contributed by atoms with E-state index in [-0.39, 0.29) is 25.2 Å². The number of aliphatic hydroxyl groups is 1. The number of aliphatic hydroxyl groups excluding tert-OH is 1. The molecule has 0 radical (unpaired) electrons. The first-order valence-electron chi connectivity index (χ1n) is 28.4. The molecule has 0 aromatic heterocycles. The number of rotatable bonds is 51. The molecule has 0 saturated heterocycles. The van der Waals surface area contributed by atoms with Gasteiger partial charge in [0.15, 0.2) is 6.10 Å². The van der Waals surface area contributed by atoms with Crippen LogP contribution in [0.5, 0.6) is 0 Å². The van der Waals surface area contributed by atoms with Crippen LogP contribution in [0.1, 0.15) is 258 Å². The minimum absolute atomic E-state index is 0.0727. The zero-order valence-corrected chi connectivity index (χ0v) is 44.3. The van der Waals surface area contributed by atoms with Gasteiger partial charge in [-0.2, -0.15) is 0 Å². The summed E-state index contributed by atoms with van der Waals surface area (Å²) in [6, 6.07) is 0. The average molecular weight is 944 g/mol. The molecule has 1 unspecified atom stereocenters. The molecule has 0 aromatic carbocycles. The number of allylic oxidation sites excluding steroid dienone is 18. The van der Waals surface area contributed by atoms with Gasteiger partial charge in [0.2, 0.25) is 0 Å². The molecule has 0 rings (SSSR count). The van der Waals surface area contributed by atoms with Crippen LogP contribution in [0.25, 0.3) is 0 Å². The summed E-state index contributed by atoms with van der Waals surface area (Å²) in [5.41, 5.74) is 0. The van der Waals surface area contributed by atoms with Gasteiger partial charge in [0.05, 0.1) is 6.61 Å². The molecule has 0 spiro atoms. The highest BCUT2D eigenvalue weighted by Crippen LogP contribution is 2.15. The van der Waals surface area contributed by atoms with E-state index in [0.29, 0.717) is 12.8 Å². The summed E-state index contributed by atoms with van der Waals surface area (Å²) in [5.74, 6) is -0.600. The van der Waals surface area contributed by atoms with E-state index in [1.807, 2.05) is 0 Å². The van der Waals surface area contributed by atoms with Crippen molar-refractivity contribution in [1.82, 2.24) is 0 Å². The van der Waals surface area contributed by atoms with Gasteiger partial charge in [0.25, 0.3) is 0 Å². The minimum Gasteiger partial charge on any atom is -0.462 e. The van der Waals surface area contributed by atoms with Gasteiger partial charge >= 0.3 is 11.9 Å². The molecule has 0 fully saturated rings. The Morgan fingerprint density at radius 1 is 0.353 bits per heavy atom. The van der Waals surface area contributed by atoms with Crippen molar-refractivity contribution in [2.75, 3.05) is 13.2 Å². The van der Waals surface area contributed by atoms with Crippen molar-refractivity contribution < 1.29 is 24.2 Å². The van der Waals surface area contributed by atoms with Gasteiger partial charge in [-0.05, 0) is 103 Å². The Labute approximate surface area is 421 Å². The molecular formula is C63H106O5. The van der Waals surface area contributed by atoms with Crippen LogP contribution >= 0.6 is 0 Å². The van der Waals surface area contributed by atoms with Crippen molar-refractivity contribution >= 4 is 11.9 Å². The van der Waals surface area contributed by atoms with Gasteiger partial charge in [-0.25, -0.2) is 0 Å². The summed E-state index contributed by atoms with van der Waals surface area (Å²) < 4.78 is 10.7. The number of hydrogen-bond donors (Lipinski definition) is 1. The van der Waals surface area contributed by atoms with Crippen molar-refractivity contribution in [2.45, 2.75) is 264 Å². The molecule has 0 aliphatic heterocycles. The monoisotopic (exact) mass is 943 g/mol. The van der Waals surface area contributed by atoms with Crippen molar-refractivity contribution in [1.29, 1.82) is 0 Å². The standard InChI is InChI=1S/C63H106O5/c1-3-5-7-9-11-13-15-17-19-20-21-22-23-24-25-26-27-28-29-30-31-32-33-34-35-36-37-38-39-40-41-42-44-46-48-50-52-54-56-58-63(66)68-61(59-64)60-67-62(65)57-55-53-51-49-47-45-43-18-16-14-12-10-8-6-4-2/h5,7,11,13,17-19,21-22,24-25,27-28,30-31,33-34,43,61,64H,3-4,6,8-10,12,14-16,20,23,26,29,32,35-42,44-60H2,1-2H3/b7-5-,13-11-,19-17-,22-21-,25-24-,28-27-,31-30-,34-33-,43-18-. The number of carbonyl (C=O) groups excluding carboxylic acids is 2. The maximum absolute atomic E-state index is 12.3. The Kier molecular flexibility index (Phi) is 54.9. The van der Waals surface area contributed by atoms with Crippen LogP contribution in [0, 0.1) is 0 Å².